The molecule has 2 saturated carbocycles. The van der Waals surface area contributed by atoms with Gasteiger partial charge in [0.05, 0.1) is 0 Å². The molecule has 4 unspecified atom stereocenters. The fourth-order valence-corrected chi connectivity index (χ4v) is 4.23. The van der Waals surface area contributed by atoms with Crippen LogP contribution in [0.2, 0.25) is 0 Å². The van der Waals surface area contributed by atoms with E-state index < -0.39 is 0 Å². The van der Waals surface area contributed by atoms with Gasteiger partial charge in [-0.25, -0.2) is 0 Å². The van der Waals surface area contributed by atoms with E-state index in [1.54, 1.807) is 11.1 Å². The number of rotatable bonds is 4. The fourth-order valence-electron chi connectivity index (χ4n) is 4.23. The largest absolute Gasteiger partial charge is 0.327 e. The third-order valence-electron chi connectivity index (χ3n) is 5.49. The van der Waals surface area contributed by atoms with Gasteiger partial charge in [0.15, 0.2) is 0 Å². The van der Waals surface area contributed by atoms with Gasteiger partial charge in [-0.3, -0.25) is 0 Å². The molecule has 0 radical (unpaired) electrons. The summed E-state index contributed by atoms with van der Waals surface area (Å²) in [5, 5.41) is 0. The van der Waals surface area contributed by atoms with Crippen molar-refractivity contribution in [3.8, 4) is 0 Å². The molecule has 1 nitrogen and oxygen atoms in total. The number of hydrogen-bond donors (Lipinski definition) is 1. The Balaban J connectivity index is 1.46. The topological polar surface area (TPSA) is 26.0 Å². The second kappa shape index (κ2) is 4.09. The van der Waals surface area contributed by atoms with E-state index in [-0.39, 0.29) is 0 Å². The molecule has 4 rings (SSSR count). The highest BCUT2D eigenvalue weighted by atomic mass is 14.7. The van der Waals surface area contributed by atoms with Gasteiger partial charge in [-0.15, -0.1) is 0 Å². The first kappa shape index (κ1) is 11.0. The molecule has 18 heavy (non-hydrogen) atoms. The summed E-state index contributed by atoms with van der Waals surface area (Å²) in [4.78, 5) is 0. The molecule has 0 saturated heterocycles. The van der Waals surface area contributed by atoms with Crippen LogP contribution in [0.25, 0.3) is 0 Å². The van der Waals surface area contributed by atoms with Gasteiger partial charge in [0.25, 0.3) is 0 Å². The third kappa shape index (κ3) is 1.80. The standard InChI is InChI=1S/C17H23N/c18-15(10-7-11-5-6-11)17-14-9-8-12-3-1-2-4-13(12)16(14)17/h1-4,11,14-17H,5-10,18H2. The summed E-state index contributed by atoms with van der Waals surface area (Å²) in [5.41, 5.74) is 9.69. The first-order valence-electron chi connectivity index (χ1n) is 7.68. The second-order valence-corrected chi connectivity index (χ2v) is 6.69. The summed E-state index contributed by atoms with van der Waals surface area (Å²) in [5.74, 6) is 3.55. The highest BCUT2D eigenvalue weighted by molar-refractivity contribution is 5.39. The third-order valence-corrected chi connectivity index (χ3v) is 5.49. The summed E-state index contributed by atoms with van der Waals surface area (Å²) in [6, 6.07) is 9.51. The average Bonchev–Trinajstić information content (AvgIpc) is 3.29. The van der Waals surface area contributed by atoms with Crippen LogP contribution in [0.4, 0.5) is 0 Å². The predicted octanol–water partition coefficient (Wildman–Crippen LogP) is 3.48. The van der Waals surface area contributed by atoms with Crippen LogP contribution in [0.5, 0.6) is 0 Å². The zero-order valence-electron chi connectivity index (χ0n) is 11.0. The summed E-state index contributed by atoms with van der Waals surface area (Å²) >= 11 is 0. The zero-order chi connectivity index (χ0) is 12.1. The van der Waals surface area contributed by atoms with Crippen LogP contribution in [0, 0.1) is 17.8 Å². The second-order valence-electron chi connectivity index (χ2n) is 6.69. The first-order chi connectivity index (χ1) is 8.84. The van der Waals surface area contributed by atoms with Crippen molar-refractivity contribution in [2.45, 2.75) is 50.5 Å². The minimum absolute atomic E-state index is 0.465. The first-order valence-corrected chi connectivity index (χ1v) is 7.68. The Morgan fingerprint density at radius 2 is 2.00 bits per heavy atom. The van der Waals surface area contributed by atoms with Gasteiger partial charge in [-0.05, 0) is 60.5 Å². The van der Waals surface area contributed by atoms with Gasteiger partial charge < -0.3 is 5.73 Å². The van der Waals surface area contributed by atoms with Gasteiger partial charge >= 0.3 is 0 Å². The number of fused-ring (bicyclic) bond motifs is 3. The van der Waals surface area contributed by atoms with E-state index >= 15 is 0 Å². The fraction of sp³-hybridized carbons (Fsp3) is 0.647. The van der Waals surface area contributed by atoms with Crippen LogP contribution in [0.1, 0.15) is 49.1 Å². The van der Waals surface area contributed by atoms with Crippen LogP contribution < -0.4 is 5.73 Å². The number of nitrogens with two attached hydrogens (primary N) is 1. The molecule has 1 heteroatoms. The van der Waals surface area contributed by atoms with Crippen molar-refractivity contribution in [3.63, 3.8) is 0 Å². The maximum absolute atomic E-state index is 6.47. The van der Waals surface area contributed by atoms with Gasteiger partial charge in [0.2, 0.25) is 0 Å². The maximum Gasteiger partial charge on any atom is 0.00760 e. The molecule has 0 aliphatic heterocycles. The van der Waals surface area contributed by atoms with E-state index in [0.29, 0.717) is 6.04 Å². The lowest BCUT2D eigenvalue weighted by Gasteiger charge is -2.13. The molecule has 0 heterocycles. The lowest BCUT2D eigenvalue weighted by Crippen LogP contribution is -2.24. The molecule has 2 N–H and O–H groups in total. The van der Waals surface area contributed by atoms with Gasteiger partial charge in [0, 0.05) is 6.04 Å². The Labute approximate surface area is 110 Å². The van der Waals surface area contributed by atoms with Crippen LogP contribution >= 0.6 is 0 Å². The van der Waals surface area contributed by atoms with E-state index in [1.165, 1.54) is 38.5 Å². The Bertz CT molecular complexity index is 449. The zero-order valence-corrected chi connectivity index (χ0v) is 11.0. The lowest BCUT2D eigenvalue weighted by atomic mass is 9.92. The van der Waals surface area contributed by atoms with E-state index in [9.17, 15) is 0 Å². The summed E-state index contributed by atoms with van der Waals surface area (Å²) in [6.07, 6.45) is 8.25. The minimum atomic E-state index is 0.465. The average molecular weight is 241 g/mol. The maximum atomic E-state index is 6.47. The van der Waals surface area contributed by atoms with Gasteiger partial charge in [0.1, 0.15) is 0 Å². The smallest absolute Gasteiger partial charge is 0.00760 e. The SMILES string of the molecule is NC(CCC1CC1)C1C2CCc3ccccc3C21. The molecule has 0 amide bonds. The molecular weight excluding hydrogens is 218 g/mol. The van der Waals surface area contributed by atoms with Crippen LogP contribution in [-0.2, 0) is 6.42 Å². The molecule has 2 fully saturated rings. The van der Waals surface area contributed by atoms with E-state index in [0.717, 1.165) is 23.7 Å². The van der Waals surface area contributed by atoms with Crippen molar-refractivity contribution in [3.05, 3.63) is 35.4 Å². The van der Waals surface area contributed by atoms with Gasteiger partial charge in [-0.1, -0.05) is 37.1 Å². The number of hydrogen-bond acceptors (Lipinski definition) is 1. The molecule has 0 bridgehead atoms. The number of benzene rings is 1. The predicted molar refractivity (Wildman–Crippen MR) is 74.4 cm³/mol. The Morgan fingerprint density at radius 1 is 1.17 bits per heavy atom. The lowest BCUT2D eigenvalue weighted by molar-refractivity contribution is 0.475. The Hall–Kier alpha value is -0.820. The molecular formula is C17H23N. The molecule has 1 aromatic carbocycles. The molecule has 96 valence electrons. The van der Waals surface area contributed by atoms with Crippen LogP contribution in [0.3, 0.4) is 0 Å². The minimum Gasteiger partial charge on any atom is -0.327 e. The van der Waals surface area contributed by atoms with E-state index in [2.05, 4.69) is 24.3 Å². The molecule has 1 aromatic rings. The molecule has 3 aliphatic rings. The normalized spacial score (nSPS) is 34.6. The molecule has 0 spiro atoms. The summed E-state index contributed by atoms with van der Waals surface area (Å²) in [7, 11) is 0. The van der Waals surface area contributed by atoms with E-state index in [1.807, 2.05) is 0 Å². The van der Waals surface area contributed by atoms with Crippen LogP contribution in [-0.4, -0.2) is 6.04 Å². The summed E-state index contributed by atoms with van der Waals surface area (Å²) < 4.78 is 0. The van der Waals surface area contributed by atoms with Crippen molar-refractivity contribution in [1.29, 1.82) is 0 Å². The Kier molecular flexibility index (Phi) is 2.51. The molecule has 3 aliphatic carbocycles. The van der Waals surface area contributed by atoms with Crippen molar-refractivity contribution in [2.75, 3.05) is 0 Å². The quantitative estimate of drug-likeness (QED) is 0.858. The summed E-state index contributed by atoms with van der Waals surface area (Å²) in [6.45, 7) is 0. The monoisotopic (exact) mass is 241 g/mol. The van der Waals surface area contributed by atoms with Crippen molar-refractivity contribution in [2.24, 2.45) is 23.5 Å². The van der Waals surface area contributed by atoms with Crippen molar-refractivity contribution < 1.29 is 0 Å². The van der Waals surface area contributed by atoms with Crippen molar-refractivity contribution >= 4 is 0 Å². The molecule has 4 atom stereocenters. The molecule has 0 aromatic heterocycles. The van der Waals surface area contributed by atoms with Crippen molar-refractivity contribution in [1.82, 2.24) is 0 Å². The Morgan fingerprint density at radius 3 is 2.83 bits per heavy atom. The van der Waals surface area contributed by atoms with Crippen LogP contribution in [0.15, 0.2) is 24.3 Å². The number of aryl methyl sites for hydroxylation is 1. The highest BCUT2D eigenvalue weighted by Crippen LogP contribution is 2.61. The highest BCUT2D eigenvalue weighted by Gasteiger charge is 2.55. The van der Waals surface area contributed by atoms with Gasteiger partial charge in [-0.2, -0.15) is 0 Å². The van der Waals surface area contributed by atoms with E-state index in [4.69, 9.17) is 5.73 Å².